The van der Waals surface area contributed by atoms with Crippen molar-refractivity contribution in [2.45, 2.75) is 25.5 Å². The van der Waals surface area contributed by atoms with Gasteiger partial charge in [0.15, 0.2) is 0 Å². The summed E-state index contributed by atoms with van der Waals surface area (Å²) in [6.07, 6.45) is 1.37. The van der Waals surface area contributed by atoms with E-state index in [1.807, 2.05) is 72.8 Å². The summed E-state index contributed by atoms with van der Waals surface area (Å²) in [6, 6.07) is 26.1. The molecule has 3 aromatic rings. The molecular weight excluding hydrogens is 322 g/mol. The first kappa shape index (κ1) is 17.9. The van der Waals surface area contributed by atoms with E-state index in [0.29, 0.717) is 19.6 Å². The van der Waals surface area contributed by atoms with E-state index in [1.165, 1.54) is 0 Å². The van der Waals surface area contributed by atoms with Crippen LogP contribution in [0, 0.1) is 0 Å². The van der Waals surface area contributed by atoms with E-state index < -0.39 is 0 Å². The first-order chi connectivity index (χ1) is 12.8. The molecule has 2 N–H and O–H groups in total. The molecule has 3 heteroatoms. The Morgan fingerprint density at radius 3 is 2.23 bits per heavy atom. The van der Waals surface area contributed by atoms with Gasteiger partial charge in [-0.3, -0.25) is 0 Å². The van der Waals surface area contributed by atoms with E-state index >= 15 is 0 Å². The number of hydrogen-bond acceptors (Lipinski definition) is 3. The third-order valence-corrected chi connectivity index (χ3v) is 4.46. The molecule has 0 aliphatic rings. The molecular formula is C23H23NO2. The highest BCUT2D eigenvalue weighted by molar-refractivity contribution is 5.56. The van der Waals surface area contributed by atoms with Gasteiger partial charge in [-0.05, 0) is 22.8 Å². The fourth-order valence-electron chi connectivity index (χ4n) is 3.09. The largest absolute Gasteiger partial charge is 0.489 e. The predicted octanol–water partition coefficient (Wildman–Crippen LogP) is 4.45. The fourth-order valence-corrected chi connectivity index (χ4v) is 3.09. The first-order valence-electron chi connectivity index (χ1n) is 8.80. The smallest absolute Gasteiger partial charge is 0.123 e. The molecule has 0 spiro atoms. The number of hydrogen-bond donors (Lipinski definition) is 1. The van der Waals surface area contributed by atoms with Crippen LogP contribution < -0.4 is 10.5 Å². The number of carbonyl (C=O) groups is 1. The number of rotatable bonds is 8. The van der Waals surface area contributed by atoms with Gasteiger partial charge < -0.3 is 15.3 Å². The van der Waals surface area contributed by atoms with Gasteiger partial charge >= 0.3 is 0 Å². The molecule has 0 saturated heterocycles. The van der Waals surface area contributed by atoms with Crippen molar-refractivity contribution < 1.29 is 9.53 Å². The molecule has 0 heterocycles. The van der Waals surface area contributed by atoms with E-state index in [-0.39, 0.29) is 5.92 Å². The number of aldehydes is 1. The van der Waals surface area contributed by atoms with Crippen LogP contribution in [0.3, 0.4) is 0 Å². The van der Waals surface area contributed by atoms with Crippen LogP contribution in [-0.2, 0) is 17.9 Å². The second kappa shape index (κ2) is 8.97. The van der Waals surface area contributed by atoms with Crippen LogP contribution in [0.2, 0.25) is 0 Å². The Balaban J connectivity index is 1.95. The van der Waals surface area contributed by atoms with Crippen molar-refractivity contribution in [3.8, 4) is 5.75 Å². The molecule has 0 amide bonds. The van der Waals surface area contributed by atoms with Gasteiger partial charge in [-0.2, -0.15) is 0 Å². The lowest BCUT2D eigenvalue weighted by Crippen LogP contribution is -2.08. The summed E-state index contributed by atoms with van der Waals surface area (Å²) in [5, 5.41) is 0. The second-order valence-electron chi connectivity index (χ2n) is 6.22. The van der Waals surface area contributed by atoms with Crippen molar-refractivity contribution in [2.75, 3.05) is 0 Å². The first-order valence-corrected chi connectivity index (χ1v) is 8.80. The quantitative estimate of drug-likeness (QED) is 0.614. The van der Waals surface area contributed by atoms with Crippen LogP contribution in [0.25, 0.3) is 0 Å². The third-order valence-electron chi connectivity index (χ3n) is 4.46. The van der Waals surface area contributed by atoms with Gasteiger partial charge in [0.25, 0.3) is 0 Å². The molecule has 3 rings (SSSR count). The summed E-state index contributed by atoms with van der Waals surface area (Å²) < 4.78 is 6.11. The van der Waals surface area contributed by atoms with Gasteiger partial charge in [0, 0.05) is 24.4 Å². The van der Waals surface area contributed by atoms with Crippen molar-refractivity contribution >= 4 is 6.29 Å². The number of benzene rings is 3. The van der Waals surface area contributed by atoms with Gasteiger partial charge in [-0.1, -0.05) is 72.8 Å². The monoisotopic (exact) mass is 345 g/mol. The highest BCUT2D eigenvalue weighted by Crippen LogP contribution is 2.35. The van der Waals surface area contributed by atoms with Crippen molar-refractivity contribution in [3.05, 3.63) is 101 Å². The molecule has 0 aliphatic heterocycles. The maximum Gasteiger partial charge on any atom is 0.123 e. The number of ether oxygens (including phenoxy) is 1. The Bertz CT molecular complexity index is 831. The summed E-state index contributed by atoms with van der Waals surface area (Å²) in [5.74, 6) is 0.743. The lowest BCUT2D eigenvalue weighted by molar-refractivity contribution is -0.108. The minimum atomic E-state index is -0.0500. The average molecular weight is 345 g/mol. The number of carbonyl (C=O) groups excluding carboxylic acids is 1. The molecule has 132 valence electrons. The van der Waals surface area contributed by atoms with E-state index in [0.717, 1.165) is 34.3 Å². The molecule has 0 aliphatic carbocycles. The lowest BCUT2D eigenvalue weighted by Gasteiger charge is -2.20. The second-order valence-corrected chi connectivity index (χ2v) is 6.22. The van der Waals surface area contributed by atoms with Crippen molar-refractivity contribution in [1.29, 1.82) is 0 Å². The molecule has 0 radical (unpaired) electrons. The van der Waals surface area contributed by atoms with Gasteiger partial charge in [0.2, 0.25) is 0 Å². The molecule has 3 aromatic carbocycles. The van der Waals surface area contributed by atoms with Gasteiger partial charge in [-0.25, -0.2) is 0 Å². The van der Waals surface area contributed by atoms with Crippen LogP contribution >= 0.6 is 0 Å². The van der Waals surface area contributed by atoms with Crippen LogP contribution in [-0.4, -0.2) is 6.29 Å². The van der Waals surface area contributed by atoms with Gasteiger partial charge in [0.1, 0.15) is 18.6 Å². The standard InChI is InChI=1S/C23H23NO2/c24-16-19-11-12-23(26-17-18-7-3-1-4-8-18)22(15-19)21(13-14-25)20-9-5-2-6-10-20/h1-12,14-15,21H,13,16-17,24H2/t21-/m1/s1. The van der Waals surface area contributed by atoms with Crippen molar-refractivity contribution in [2.24, 2.45) is 5.73 Å². The molecule has 3 nitrogen and oxygen atoms in total. The third kappa shape index (κ3) is 4.38. The average Bonchev–Trinajstić information content (AvgIpc) is 2.72. The minimum absolute atomic E-state index is 0.0500. The maximum absolute atomic E-state index is 11.3. The molecule has 26 heavy (non-hydrogen) atoms. The molecule has 1 atom stereocenters. The Labute approximate surface area is 154 Å². The SMILES string of the molecule is NCc1ccc(OCc2ccccc2)c([C@H](CC=O)c2ccccc2)c1. The summed E-state index contributed by atoms with van der Waals surface area (Å²) in [6.45, 7) is 0.937. The molecule has 0 unspecified atom stereocenters. The Morgan fingerprint density at radius 1 is 0.885 bits per heavy atom. The zero-order chi connectivity index (χ0) is 18.2. The Hall–Kier alpha value is -2.91. The minimum Gasteiger partial charge on any atom is -0.489 e. The fraction of sp³-hybridized carbons (Fsp3) is 0.174. The van der Waals surface area contributed by atoms with E-state index in [1.54, 1.807) is 0 Å². The van der Waals surface area contributed by atoms with Gasteiger partial charge in [-0.15, -0.1) is 0 Å². The van der Waals surface area contributed by atoms with Crippen molar-refractivity contribution in [3.63, 3.8) is 0 Å². The van der Waals surface area contributed by atoms with E-state index in [2.05, 4.69) is 6.07 Å². The highest BCUT2D eigenvalue weighted by Gasteiger charge is 2.19. The highest BCUT2D eigenvalue weighted by atomic mass is 16.5. The Kier molecular flexibility index (Phi) is 6.18. The summed E-state index contributed by atoms with van der Waals surface area (Å²) in [5.41, 5.74) is 10.1. The maximum atomic E-state index is 11.3. The number of nitrogens with two attached hydrogens (primary N) is 1. The van der Waals surface area contributed by atoms with Crippen LogP contribution in [0.4, 0.5) is 0 Å². The van der Waals surface area contributed by atoms with Crippen LogP contribution in [0.1, 0.15) is 34.6 Å². The molecule has 0 fully saturated rings. The van der Waals surface area contributed by atoms with Crippen molar-refractivity contribution in [1.82, 2.24) is 0 Å². The van der Waals surface area contributed by atoms with Gasteiger partial charge in [0.05, 0.1) is 0 Å². The molecule has 0 saturated carbocycles. The van der Waals surface area contributed by atoms with E-state index in [9.17, 15) is 4.79 Å². The zero-order valence-corrected chi connectivity index (χ0v) is 14.7. The zero-order valence-electron chi connectivity index (χ0n) is 14.7. The lowest BCUT2D eigenvalue weighted by atomic mass is 9.87. The summed E-state index contributed by atoms with van der Waals surface area (Å²) in [4.78, 5) is 11.3. The van der Waals surface area contributed by atoms with Crippen LogP contribution in [0.15, 0.2) is 78.9 Å². The molecule has 0 bridgehead atoms. The topological polar surface area (TPSA) is 52.3 Å². The summed E-state index contributed by atoms with van der Waals surface area (Å²) in [7, 11) is 0. The Morgan fingerprint density at radius 2 is 1.58 bits per heavy atom. The summed E-state index contributed by atoms with van der Waals surface area (Å²) >= 11 is 0. The predicted molar refractivity (Wildman–Crippen MR) is 104 cm³/mol. The van der Waals surface area contributed by atoms with E-state index in [4.69, 9.17) is 10.5 Å². The molecule has 0 aromatic heterocycles. The van der Waals surface area contributed by atoms with Crippen LogP contribution in [0.5, 0.6) is 5.75 Å². The normalized spacial score (nSPS) is 11.7.